The van der Waals surface area contributed by atoms with Crippen molar-refractivity contribution in [2.45, 2.75) is 32.2 Å². The van der Waals surface area contributed by atoms with Gasteiger partial charge in [0.25, 0.3) is 0 Å². The summed E-state index contributed by atoms with van der Waals surface area (Å²) < 4.78 is 0. The lowest BCUT2D eigenvalue weighted by molar-refractivity contribution is 0.444. The third-order valence-corrected chi connectivity index (χ3v) is 3.88. The Bertz CT molecular complexity index is 556. The molecular formula is C15H21N3O. The van der Waals surface area contributed by atoms with Gasteiger partial charge in [-0.3, -0.25) is 0 Å². The van der Waals surface area contributed by atoms with Crippen LogP contribution in [0.2, 0.25) is 0 Å². The van der Waals surface area contributed by atoms with Crippen molar-refractivity contribution in [1.82, 2.24) is 4.98 Å². The van der Waals surface area contributed by atoms with E-state index < -0.39 is 0 Å². The molecule has 0 saturated heterocycles. The SMILES string of the molecule is CCC(CC)(CN)Nc1nccc2ccc(O)cc12. The lowest BCUT2D eigenvalue weighted by Crippen LogP contribution is -2.44. The molecule has 4 nitrogen and oxygen atoms in total. The van der Waals surface area contributed by atoms with Crippen LogP contribution in [0.1, 0.15) is 26.7 Å². The number of nitrogens with two attached hydrogens (primary N) is 1. The molecule has 2 aromatic rings. The van der Waals surface area contributed by atoms with E-state index in [1.54, 1.807) is 18.3 Å². The van der Waals surface area contributed by atoms with Crippen LogP contribution in [0.15, 0.2) is 30.5 Å². The second kappa shape index (κ2) is 5.45. The zero-order valence-corrected chi connectivity index (χ0v) is 11.5. The van der Waals surface area contributed by atoms with Gasteiger partial charge in [0.15, 0.2) is 0 Å². The molecular weight excluding hydrogens is 238 g/mol. The van der Waals surface area contributed by atoms with Gasteiger partial charge in [-0.15, -0.1) is 0 Å². The fourth-order valence-electron chi connectivity index (χ4n) is 2.27. The Labute approximate surface area is 113 Å². The van der Waals surface area contributed by atoms with Gasteiger partial charge < -0.3 is 16.2 Å². The molecule has 102 valence electrons. The second-order valence-corrected chi connectivity index (χ2v) is 4.88. The number of nitrogens with zero attached hydrogens (tertiary/aromatic N) is 1. The zero-order valence-electron chi connectivity index (χ0n) is 11.5. The van der Waals surface area contributed by atoms with Crippen molar-refractivity contribution in [2.24, 2.45) is 5.73 Å². The largest absolute Gasteiger partial charge is 0.508 e. The van der Waals surface area contributed by atoms with Crippen LogP contribution >= 0.6 is 0 Å². The molecule has 0 aliphatic heterocycles. The number of fused-ring (bicyclic) bond motifs is 1. The number of pyridine rings is 1. The van der Waals surface area contributed by atoms with Crippen molar-refractivity contribution >= 4 is 16.6 Å². The number of rotatable bonds is 5. The summed E-state index contributed by atoms with van der Waals surface area (Å²) in [5.74, 6) is 1.03. The summed E-state index contributed by atoms with van der Waals surface area (Å²) in [6.07, 6.45) is 3.63. The molecule has 1 heterocycles. The summed E-state index contributed by atoms with van der Waals surface area (Å²) in [7, 11) is 0. The maximum Gasteiger partial charge on any atom is 0.134 e. The van der Waals surface area contributed by atoms with E-state index in [1.165, 1.54) is 0 Å². The minimum atomic E-state index is -0.146. The lowest BCUT2D eigenvalue weighted by Gasteiger charge is -2.32. The molecule has 4 heteroatoms. The third-order valence-electron chi connectivity index (χ3n) is 3.88. The van der Waals surface area contributed by atoms with Crippen LogP contribution in [0.3, 0.4) is 0 Å². The molecule has 0 unspecified atom stereocenters. The Kier molecular flexibility index (Phi) is 3.90. The highest BCUT2D eigenvalue weighted by molar-refractivity contribution is 5.92. The molecule has 2 rings (SSSR count). The van der Waals surface area contributed by atoms with E-state index in [9.17, 15) is 5.11 Å². The summed E-state index contributed by atoms with van der Waals surface area (Å²) in [4.78, 5) is 4.40. The minimum Gasteiger partial charge on any atom is -0.508 e. The fraction of sp³-hybridized carbons (Fsp3) is 0.400. The van der Waals surface area contributed by atoms with Crippen LogP contribution < -0.4 is 11.1 Å². The summed E-state index contributed by atoms with van der Waals surface area (Å²) in [6, 6.07) is 7.24. The quantitative estimate of drug-likeness (QED) is 0.772. The van der Waals surface area contributed by atoms with Crippen LogP contribution in [0, 0.1) is 0 Å². The molecule has 0 amide bonds. The number of phenolic OH excluding ortho intramolecular Hbond substituents is 1. The van der Waals surface area contributed by atoms with Crippen molar-refractivity contribution in [3.63, 3.8) is 0 Å². The highest BCUT2D eigenvalue weighted by Crippen LogP contribution is 2.28. The van der Waals surface area contributed by atoms with Crippen molar-refractivity contribution in [3.8, 4) is 5.75 Å². The third kappa shape index (κ3) is 2.63. The highest BCUT2D eigenvalue weighted by Gasteiger charge is 2.25. The van der Waals surface area contributed by atoms with Crippen molar-refractivity contribution in [2.75, 3.05) is 11.9 Å². The number of benzene rings is 1. The van der Waals surface area contributed by atoms with Gasteiger partial charge in [0, 0.05) is 18.1 Å². The normalized spacial score (nSPS) is 11.7. The molecule has 0 radical (unpaired) electrons. The zero-order chi connectivity index (χ0) is 13.9. The van der Waals surface area contributed by atoms with Gasteiger partial charge in [-0.2, -0.15) is 0 Å². The molecule has 0 saturated carbocycles. The first-order valence-corrected chi connectivity index (χ1v) is 6.70. The number of anilines is 1. The van der Waals surface area contributed by atoms with Crippen molar-refractivity contribution in [3.05, 3.63) is 30.5 Å². The van der Waals surface area contributed by atoms with E-state index in [0.29, 0.717) is 6.54 Å². The van der Waals surface area contributed by atoms with Gasteiger partial charge in [0.05, 0.1) is 5.54 Å². The molecule has 1 aromatic heterocycles. The van der Waals surface area contributed by atoms with Gasteiger partial charge in [-0.25, -0.2) is 4.98 Å². The number of hydrogen-bond donors (Lipinski definition) is 3. The highest BCUT2D eigenvalue weighted by atomic mass is 16.3. The number of hydrogen-bond acceptors (Lipinski definition) is 4. The number of aromatic hydroxyl groups is 1. The molecule has 0 fully saturated rings. The molecule has 1 aromatic carbocycles. The van der Waals surface area contributed by atoms with Crippen molar-refractivity contribution < 1.29 is 5.11 Å². The first kappa shape index (κ1) is 13.6. The van der Waals surface area contributed by atoms with Gasteiger partial charge in [-0.05, 0) is 36.4 Å². The van der Waals surface area contributed by atoms with Crippen LogP contribution in [0.4, 0.5) is 5.82 Å². The predicted molar refractivity (Wildman–Crippen MR) is 79.4 cm³/mol. The summed E-state index contributed by atoms with van der Waals surface area (Å²) >= 11 is 0. The minimum absolute atomic E-state index is 0.146. The molecule has 4 N–H and O–H groups in total. The summed E-state index contributed by atoms with van der Waals surface area (Å²) in [6.45, 7) is 4.79. The van der Waals surface area contributed by atoms with Crippen LogP contribution in [-0.2, 0) is 0 Å². The van der Waals surface area contributed by atoms with E-state index in [1.807, 2.05) is 12.1 Å². The van der Waals surface area contributed by atoms with Gasteiger partial charge in [0.1, 0.15) is 11.6 Å². The molecule has 19 heavy (non-hydrogen) atoms. The maximum atomic E-state index is 9.64. The van der Waals surface area contributed by atoms with Gasteiger partial charge in [-0.1, -0.05) is 19.9 Å². The molecule has 0 atom stereocenters. The monoisotopic (exact) mass is 259 g/mol. The molecule has 0 bridgehead atoms. The standard InChI is InChI=1S/C15H21N3O/c1-3-15(4-2,10-16)18-14-13-9-12(19)6-5-11(13)7-8-17-14/h5-9,19H,3-4,10,16H2,1-2H3,(H,17,18). The first-order valence-electron chi connectivity index (χ1n) is 6.70. The smallest absolute Gasteiger partial charge is 0.134 e. The Morgan fingerprint density at radius 2 is 2.00 bits per heavy atom. The summed E-state index contributed by atoms with van der Waals surface area (Å²) in [5, 5.41) is 15.1. The van der Waals surface area contributed by atoms with E-state index in [-0.39, 0.29) is 11.3 Å². The maximum absolute atomic E-state index is 9.64. The van der Waals surface area contributed by atoms with Crippen LogP contribution in [0.5, 0.6) is 5.75 Å². The number of aromatic nitrogens is 1. The second-order valence-electron chi connectivity index (χ2n) is 4.88. The van der Waals surface area contributed by atoms with Crippen molar-refractivity contribution in [1.29, 1.82) is 0 Å². The topological polar surface area (TPSA) is 71.2 Å². The number of phenols is 1. The number of nitrogens with one attached hydrogen (secondary N) is 1. The fourth-order valence-corrected chi connectivity index (χ4v) is 2.27. The Balaban J connectivity index is 2.47. The predicted octanol–water partition coefficient (Wildman–Crippen LogP) is 2.87. The van der Waals surface area contributed by atoms with E-state index in [4.69, 9.17) is 5.73 Å². The van der Waals surface area contributed by atoms with Gasteiger partial charge in [0.2, 0.25) is 0 Å². The van der Waals surface area contributed by atoms with Crippen LogP contribution in [0.25, 0.3) is 10.8 Å². The molecule has 0 aliphatic carbocycles. The van der Waals surface area contributed by atoms with Crippen LogP contribution in [-0.4, -0.2) is 22.2 Å². The Morgan fingerprint density at radius 1 is 1.26 bits per heavy atom. The van der Waals surface area contributed by atoms with E-state index in [2.05, 4.69) is 24.1 Å². The average molecular weight is 259 g/mol. The van der Waals surface area contributed by atoms with E-state index >= 15 is 0 Å². The Morgan fingerprint density at radius 3 is 2.63 bits per heavy atom. The Hall–Kier alpha value is -1.81. The lowest BCUT2D eigenvalue weighted by atomic mass is 9.92. The van der Waals surface area contributed by atoms with Gasteiger partial charge >= 0.3 is 0 Å². The molecule has 0 spiro atoms. The first-order chi connectivity index (χ1) is 9.14. The molecule has 0 aliphatic rings. The summed E-state index contributed by atoms with van der Waals surface area (Å²) in [5.41, 5.74) is 5.76. The van der Waals surface area contributed by atoms with E-state index in [0.717, 1.165) is 29.4 Å². The average Bonchev–Trinajstić information content (AvgIpc) is 2.45.